The number of hydrogen-bond donors (Lipinski definition) is 1. The highest BCUT2D eigenvalue weighted by Gasteiger charge is 2.06. The summed E-state index contributed by atoms with van der Waals surface area (Å²) in [5.74, 6) is 1.33. The Hall–Kier alpha value is -1.10. The van der Waals surface area contributed by atoms with Crippen LogP contribution in [-0.2, 0) is 6.54 Å². The van der Waals surface area contributed by atoms with E-state index in [4.69, 9.17) is 16.3 Å². The first-order chi connectivity index (χ1) is 9.10. The fraction of sp³-hybridized carbons (Fsp3) is 0.214. The summed E-state index contributed by atoms with van der Waals surface area (Å²) in [5.41, 5.74) is 2.00. The van der Waals surface area contributed by atoms with Crippen molar-refractivity contribution >= 4 is 27.5 Å². The molecule has 0 saturated carbocycles. The second kappa shape index (κ2) is 6.37. The fourth-order valence-electron chi connectivity index (χ4n) is 1.68. The SMILES string of the molecule is CNCc1cc(Oc2ccc(Br)cc2C)ncc1Cl. The van der Waals surface area contributed by atoms with Gasteiger partial charge in [-0.1, -0.05) is 27.5 Å². The van der Waals surface area contributed by atoms with Gasteiger partial charge in [-0.05, 0) is 43.3 Å². The van der Waals surface area contributed by atoms with Gasteiger partial charge >= 0.3 is 0 Å². The molecule has 5 heteroatoms. The molecule has 100 valence electrons. The van der Waals surface area contributed by atoms with Crippen LogP contribution in [0.1, 0.15) is 11.1 Å². The number of pyridine rings is 1. The average Bonchev–Trinajstić information content (AvgIpc) is 2.37. The van der Waals surface area contributed by atoms with Crippen LogP contribution in [0.25, 0.3) is 0 Å². The zero-order chi connectivity index (χ0) is 13.8. The largest absolute Gasteiger partial charge is 0.439 e. The Morgan fingerprint density at radius 1 is 1.37 bits per heavy atom. The van der Waals surface area contributed by atoms with Crippen molar-refractivity contribution in [3.63, 3.8) is 0 Å². The number of aromatic nitrogens is 1. The van der Waals surface area contributed by atoms with Gasteiger partial charge in [0, 0.05) is 23.3 Å². The lowest BCUT2D eigenvalue weighted by molar-refractivity contribution is 0.458. The van der Waals surface area contributed by atoms with E-state index in [9.17, 15) is 0 Å². The number of rotatable bonds is 4. The third-order valence-electron chi connectivity index (χ3n) is 2.63. The topological polar surface area (TPSA) is 34.1 Å². The lowest BCUT2D eigenvalue weighted by Gasteiger charge is -2.10. The van der Waals surface area contributed by atoms with Crippen LogP contribution in [0.15, 0.2) is 34.9 Å². The molecule has 2 rings (SSSR count). The highest BCUT2D eigenvalue weighted by molar-refractivity contribution is 9.10. The van der Waals surface area contributed by atoms with Crippen molar-refractivity contribution in [2.45, 2.75) is 13.5 Å². The number of halogens is 2. The third kappa shape index (κ3) is 3.69. The van der Waals surface area contributed by atoms with Crippen LogP contribution in [-0.4, -0.2) is 12.0 Å². The number of aryl methyl sites for hydroxylation is 1. The second-order valence-corrected chi connectivity index (χ2v) is 5.48. The molecule has 0 amide bonds. The Kier molecular flexibility index (Phi) is 4.80. The number of ether oxygens (including phenoxy) is 1. The summed E-state index contributed by atoms with van der Waals surface area (Å²) in [5, 5.41) is 3.69. The van der Waals surface area contributed by atoms with Gasteiger partial charge in [-0.25, -0.2) is 4.98 Å². The van der Waals surface area contributed by atoms with E-state index in [1.54, 1.807) is 6.20 Å². The Morgan fingerprint density at radius 3 is 2.84 bits per heavy atom. The average molecular weight is 342 g/mol. The molecule has 0 radical (unpaired) electrons. The zero-order valence-electron chi connectivity index (χ0n) is 10.7. The summed E-state index contributed by atoms with van der Waals surface area (Å²) < 4.78 is 6.81. The van der Waals surface area contributed by atoms with E-state index in [1.807, 2.05) is 38.2 Å². The molecule has 3 nitrogen and oxygen atoms in total. The van der Waals surface area contributed by atoms with Gasteiger partial charge in [-0.2, -0.15) is 0 Å². The normalized spacial score (nSPS) is 10.5. The predicted octanol–water partition coefficient (Wildman–Crippen LogP) is 4.32. The first-order valence-corrected chi connectivity index (χ1v) is 7.00. The van der Waals surface area contributed by atoms with Crippen LogP contribution < -0.4 is 10.1 Å². The molecule has 0 fully saturated rings. The minimum absolute atomic E-state index is 0.542. The van der Waals surface area contributed by atoms with Gasteiger partial charge in [0.05, 0.1) is 5.02 Å². The lowest BCUT2D eigenvalue weighted by Crippen LogP contribution is -2.06. The predicted molar refractivity (Wildman–Crippen MR) is 81.0 cm³/mol. The molecule has 0 bridgehead atoms. The Morgan fingerprint density at radius 2 is 2.16 bits per heavy atom. The minimum atomic E-state index is 0.542. The summed E-state index contributed by atoms with van der Waals surface area (Å²) >= 11 is 9.49. The molecule has 0 spiro atoms. The monoisotopic (exact) mass is 340 g/mol. The van der Waals surface area contributed by atoms with E-state index in [2.05, 4.69) is 26.2 Å². The smallest absolute Gasteiger partial charge is 0.219 e. The van der Waals surface area contributed by atoms with Gasteiger partial charge in [0.1, 0.15) is 5.75 Å². The Balaban J connectivity index is 2.25. The van der Waals surface area contributed by atoms with E-state index in [0.29, 0.717) is 17.4 Å². The zero-order valence-corrected chi connectivity index (χ0v) is 13.0. The van der Waals surface area contributed by atoms with Crippen molar-refractivity contribution in [2.75, 3.05) is 7.05 Å². The molecule has 1 aromatic heterocycles. The molecule has 0 saturated heterocycles. The van der Waals surface area contributed by atoms with Gasteiger partial charge in [0.25, 0.3) is 0 Å². The van der Waals surface area contributed by atoms with Crippen molar-refractivity contribution in [3.8, 4) is 11.6 Å². The second-order valence-electron chi connectivity index (χ2n) is 4.16. The molecule has 0 aliphatic heterocycles. The quantitative estimate of drug-likeness (QED) is 0.899. The third-order valence-corrected chi connectivity index (χ3v) is 3.46. The first kappa shape index (κ1) is 14.3. The summed E-state index contributed by atoms with van der Waals surface area (Å²) in [7, 11) is 1.87. The maximum atomic E-state index is 6.07. The Labute approximate surface area is 126 Å². The molecular formula is C14H14BrClN2O. The molecule has 0 unspecified atom stereocenters. The summed E-state index contributed by atoms with van der Waals surface area (Å²) in [6.07, 6.45) is 1.61. The van der Waals surface area contributed by atoms with Crippen molar-refractivity contribution in [1.29, 1.82) is 0 Å². The first-order valence-electron chi connectivity index (χ1n) is 5.83. The van der Waals surface area contributed by atoms with Gasteiger partial charge in [0.2, 0.25) is 5.88 Å². The van der Waals surface area contributed by atoms with Crippen LogP contribution in [0.2, 0.25) is 5.02 Å². The number of hydrogen-bond acceptors (Lipinski definition) is 3. The van der Waals surface area contributed by atoms with E-state index >= 15 is 0 Å². The fourth-order valence-corrected chi connectivity index (χ4v) is 2.33. The maximum Gasteiger partial charge on any atom is 0.219 e. The summed E-state index contributed by atoms with van der Waals surface area (Å²) in [6.45, 7) is 2.67. The van der Waals surface area contributed by atoms with E-state index in [-0.39, 0.29) is 0 Å². The van der Waals surface area contributed by atoms with Crippen LogP contribution in [0.4, 0.5) is 0 Å². The highest BCUT2D eigenvalue weighted by Crippen LogP contribution is 2.28. The minimum Gasteiger partial charge on any atom is -0.439 e. The van der Waals surface area contributed by atoms with Gasteiger partial charge in [-0.15, -0.1) is 0 Å². The van der Waals surface area contributed by atoms with E-state index < -0.39 is 0 Å². The van der Waals surface area contributed by atoms with Crippen molar-refractivity contribution in [1.82, 2.24) is 10.3 Å². The van der Waals surface area contributed by atoms with Crippen LogP contribution in [0, 0.1) is 6.92 Å². The highest BCUT2D eigenvalue weighted by atomic mass is 79.9. The number of nitrogens with one attached hydrogen (secondary N) is 1. The molecule has 19 heavy (non-hydrogen) atoms. The van der Waals surface area contributed by atoms with Crippen LogP contribution in [0.5, 0.6) is 11.6 Å². The number of benzene rings is 1. The van der Waals surface area contributed by atoms with Gasteiger partial charge in [-0.3, -0.25) is 0 Å². The molecule has 1 N–H and O–H groups in total. The van der Waals surface area contributed by atoms with Crippen LogP contribution in [0.3, 0.4) is 0 Å². The molecule has 1 heterocycles. The standard InChI is InChI=1S/C14H14BrClN2O/c1-9-5-11(15)3-4-13(9)19-14-6-10(7-17-2)12(16)8-18-14/h3-6,8,17H,7H2,1-2H3. The van der Waals surface area contributed by atoms with Crippen molar-refractivity contribution < 1.29 is 4.74 Å². The molecule has 2 aromatic rings. The molecule has 1 aromatic carbocycles. The molecule has 0 aliphatic rings. The molecule has 0 aliphatic carbocycles. The lowest BCUT2D eigenvalue weighted by atomic mass is 10.2. The summed E-state index contributed by atoms with van der Waals surface area (Å²) in [6, 6.07) is 7.69. The molecule has 0 atom stereocenters. The molecular weight excluding hydrogens is 328 g/mol. The maximum absolute atomic E-state index is 6.07. The Bertz CT molecular complexity index is 590. The van der Waals surface area contributed by atoms with Crippen LogP contribution >= 0.6 is 27.5 Å². The van der Waals surface area contributed by atoms with Crippen molar-refractivity contribution in [2.24, 2.45) is 0 Å². The van der Waals surface area contributed by atoms with Gasteiger partial charge in [0.15, 0.2) is 0 Å². The number of nitrogens with zero attached hydrogens (tertiary/aromatic N) is 1. The summed E-state index contributed by atoms with van der Waals surface area (Å²) in [4.78, 5) is 4.19. The van der Waals surface area contributed by atoms with E-state index in [0.717, 1.165) is 21.3 Å². The van der Waals surface area contributed by atoms with E-state index in [1.165, 1.54) is 0 Å². The van der Waals surface area contributed by atoms with Crippen molar-refractivity contribution in [3.05, 3.63) is 51.1 Å². The van der Waals surface area contributed by atoms with Gasteiger partial charge < -0.3 is 10.1 Å².